The highest BCUT2D eigenvalue weighted by Crippen LogP contribution is 2.37. The highest BCUT2D eigenvalue weighted by Gasteiger charge is 2.40. The van der Waals surface area contributed by atoms with E-state index in [1.54, 1.807) is 0 Å². The summed E-state index contributed by atoms with van der Waals surface area (Å²) in [6.45, 7) is 6.15. The number of aliphatic imine (C=N–C) groups is 1. The Morgan fingerprint density at radius 1 is 1.53 bits per heavy atom. The fourth-order valence-electron chi connectivity index (χ4n) is 1.92. The van der Waals surface area contributed by atoms with Crippen molar-refractivity contribution in [3.63, 3.8) is 0 Å². The summed E-state index contributed by atoms with van der Waals surface area (Å²) in [5, 5.41) is 2.77. The number of hydrogen-bond donors (Lipinski definition) is 2. The Morgan fingerprint density at radius 2 is 2.24 bits per heavy atom. The fraction of sp³-hybridized carbons (Fsp3) is 0.750. The first-order chi connectivity index (χ1) is 7.92. The first-order valence-electron chi connectivity index (χ1n) is 5.98. The third-order valence-electron chi connectivity index (χ3n) is 2.96. The molecule has 1 saturated carbocycles. The second-order valence-electron chi connectivity index (χ2n) is 4.74. The molecule has 1 rings (SSSR count). The molecule has 1 aliphatic carbocycles. The minimum Gasteiger partial charge on any atom is -0.370 e. The van der Waals surface area contributed by atoms with Crippen molar-refractivity contribution in [3.8, 4) is 0 Å². The Kier molecular flexibility index (Phi) is 4.90. The highest BCUT2D eigenvalue weighted by molar-refractivity contribution is 5.77. The lowest BCUT2D eigenvalue weighted by molar-refractivity contribution is -0.0830. The molecule has 3 nitrogen and oxygen atoms in total. The van der Waals surface area contributed by atoms with Gasteiger partial charge >= 0.3 is 0 Å². The molecule has 0 heterocycles. The zero-order valence-corrected chi connectivity index (χ0v) is 10.3. The quantitative estimate of drug-likeness (QED) is 0.453. The number of hydrogen-bond acceptors (Lipinski definition) is 1. The fourth-order valence-corrected chi connectivity index (χ4v) is 1.92. The molecule has 17 heavy (non-hydrogen) atoms. The maximum atomic E-state index is 13.5. The normalized spacial score (nSPS) is 24.4. The van der Waals surface area contributed by atoms with Crippen molar-refractivity contribution in [1.82, 2.24) is 5.32 Å². The molecule has 1 fully saturated rings. The maximum absolute atomic E-state index is 13.5. The van der Waals surface area contributed by atoms with Gasteiger partial charge < -0.3 is 11.1 Å². The number of guanidine groups is 1. The molecule has 0 aromatic rings. The van der Waals surface area contributed by atoms with E-state index in [9.17, 15) is 8.78 Å². The first kappa shape index (κ1) is 13.9. The Bertz CT molecular complexity index is 300. The summed E-state index contributed by atoms with van der Waals surface area (Å²) in [4.78, 5) is 3.99. The van der Waals surface area contributed by atoms with Crippen LogP contribution in [-0.2, 0) is 0 Å². The molecule has 0 aliphatic heterocycles. The molecule has 1 unspecified atom stereocenters. The second kappa shape index (κ2) is 5.98. The lowest BCUT2D eigenvalue weighted by atomic mass is 9.85. The van der Waals surface area contributed by atoms with Gasteiger partial charge in [-0.05, 0) is 19.8 Å². The molecule has 5 heteroatoms. The van der Waals surface area contributed by atoms with Crippen molar-refractivity contribution >= 4 is 5.96 Å². The van der Waals surface area contributed by atoms with E-state index in [1.807, 2.05) is 6.92 Å². The van der Waals surface area contributed by atoms with E-state index in [1.165, 1.54) is 0 Å². The smallest absolute Gasteiger partial charge is 0.252 e. The minimum absolute atomic E-state index is 0.0117. The molecule has 0 amide bonds. The van der Waals surface area contributed by atoms with Gasteiger partial charge in [0.1, 0.15) is 0 Å². The van der Waals surface area contributed by atoms with Gasteiger partial charge in [0.15, 0.2) is 5.96 Å². The van der Waals surface area contributed by atoms with E-state index in [2.05, 4.69) is 16.9 Å². The summed E-state index contributed by atoms with van der Waals surface area (Å²) in [5.74, 6) is -2.98. The van der Waals surface area contributed by atoms with Gasteiger partial charge in [-0.3, -0.25) is 0 Å². The van der Waals surface area contributed by atoms with Crippen LogP contribution < -0.4 is 11.1 Å². The Morgan fingerprint density at radius 3 is 2.82 bits per heavy atom. The van der Waals surface area contributed by atoms with E-state index in [0.717, 1.165) is 12.0 Å². The number of rotatable bonds is 4. The van der Waals surface area contributed by atoms with Gasteiger partial charge in [0.25, 0.3) is 5.92 Å². The van der Waals surface area contributed by atoms with Gasteiger partial charge in [0.05, 0.1) is 6.54 Å². The van der Waals surface area contributed by atoms with Gasteiger partial charge in [0.2, 0.25) is 0 Å². The lowest BCUT2D eigenvalue weighted by Crippen LogP contribution is -2.43. The average Bonchev–Trinajstić information content (AvgIpc) is 2.24. The summed E-state index contributed by atoms with van der Waals surface area (Å²) in [5.41, 5.74) is 6.47. The van der Waals surface area contributed by atoms with Gasteiger partial charge in [-0.2, -0.15) is 0 Å². The van der Waals surface area contributed by atoms with Gasteiger partial charge in [-0.15, -0.1) is 0 Å². The monoisotopic (exact) mass is 245 g/mol. The van der Waals surface area contributed by atoms with Crippen LogP contribution >= 0.6 is 0 Å². The molecule has 3 N–H and O–H groups in total. The van der Waals surface area contributed by atoms with Crippen molar-refractivity contribution in [3.05, 3.63) is 12.2 Å². The van der Waals surface area contributed by atoms with E-state index in [-0.39, 0.29) is 18.9 Å². The summed E-state index contributed by atoms with van der Waals surface area (Å²) >= 11 is 0. The molecule has 0 aromatic heterocycles. The molecule has 98 valence electrons. The zero-order valence-electron chi connectivity index (χ0n) is 10.3. The van der Waals surface area contributed by atoms with Crippen LogP contribution in [0.1, 0.15) is 32.6 Å². The van der Waals surface area contributed by atoms with Gasteiger partial charge in [-0.1, -0.05) is 18.6 Å². The summed E-state index contributed by atoms with van der Waals surface area (Å²) in [7, 11) is 0. The SMILES string of the molecule is C=C(C)CN=C(N)NCC1CCCCC1(F)F. The predicted octanol–water partition coefficient (Wildman–Crippen LogP) is 2.29. The van der Waals surface area contributed by atoms with Gasteiger partial charge in [-0.25, -0.2) is 13.8 Å². The Labute approximate surface area is 101 Å². The molecule has 1 aliphatic rings. The molecule has 0 saturated heterocycles. The summed E-state index contributed by atoms with van der Waals surface area (Å²) < 4.78 is 27.0. The van der Waals surface area contributed by atoms with Crippen LogP contribution in [0, 0.1) is 5.92 Å². The van der Waals surface area contributed by atoms with Crippen molar-refractivity contribution in [2.75, 3.05) is 13.1 Å². The minimum atomic E-state index is -2.57. The molecule has 1 atom stereocenters. The molecule has 0 radical (unpaired) electrons. The summed E-state index contributed by atoms with van der Waals surface area (Å²) in [6.07, 6.45) is 2.02. The van der Waals surface area contributed by atoms with Crippen LogP contribution in [0.4, 0.5) is 8.78 Å². The number of alkyl halides is 2. The number of nitrogens with zero attached hydrogens (tertiary/aromatic N) is 1. The first-order valence-corrected chi connectivity index (χ1v) is 5.98. The molecule has 0 bridgehead atoms. The zero-order chi connectivity index (χ0) is 12.9. The van der Waals surface area contributed by atoms with Crippen molar-refractivity contribution < 1.29 is 8.78 Å². The van der Waals surface area contributed by atoms with Crippen LogP contribution in [0.5, 0.6) is 0 Å². The van der Waals surface area contributed by atoms with Crippen LogP contribution in [-0.4, -0.2) is 25.0 Å². The largest absolute Gasteiger partial charge is 0.370 e. The third kappa shape index (κ3) is 4.71. The lowest BCUT2D eigenvalue weighted by Gasteiger charge is -2.31. The number of halogens is 2. The standard InChI is InChI=1S/C12H21F2N3/c1-9(2)7-16-11(15)17-8-10-5-3-4-6-12(10,13)14/h10H,1,3-8H2,2H3,(H3,15,16,17). The second-order valence-corrected chi connectivity index (χ2v) is 4.74. The average molecular weight is 245 g/mol. The summed E-state index contributed by atoms with van der Waals surface area (Å²) in [6, 6.07) is 0. The maximum Gasteiger partial charge on any atom is 0.252 e. The topological polar surface area (TPSA) is 50.4 Å². The van der Waals surface area contributed by atoms with Crippen molar-refractivity contribution in [2.45, 2.75) is 38.5 Å². The van der Waals surface area contributed by atoms with Crippen LogP contribution in [0.15, 0.2) is 17.1 Å². The van der Waals surface area contributed by atoms with E-state index in [4.69, 9.17) is 5.73 Å². The van der Waals surface area contributed by atoms with Crippen LogP contribution in [0.3, 0.4) is 0 Å². The van der Waals surface area contributed by atoms with Crippen molar-refractivity contribution in [2.24, 2.45) is 16.6 Å². The van der Waals surface area contributed by atoms with Crippen LogP contribution in [0.2, 0.25) is 0 Å². The third-order valence-corrected chi connectivity index (χ3v) is 2.96. The van der Waals surface area contributed by atoms with E-state index < -0.39 is 11.8 Å². The van der Waals surface area contributed by atoms with Gasteiger partial charge in [0, 0.05) is 18.9 Å². The molecule has 0 spiro atoms. The van der Waals surface area contributed by atoms with Crippen molar-refractivity contribution in [1.29, 1.82) is 0 Å². The Hall–Kier alpha value is -1.13. The Balaban J connectivity index is 2.38. The van der Waals surface area contributed by atoms with E-state index >= 15 is 0 Å². The molecular formula is C12H21F2N3. The molecule has 0 aromatic carbocycles. The predicted molar refractivity (Wildman–Crippen MR) is 66.2 cm³/mol. The number of nitrogens with one attached hydrogen (secondary N) is 1. The molecular weight excluding hydrogens is 224 g/mol. The highest BCUT2D eigenvalue weighted by atomic mass is 19.3. The van der Waals surface area contributed by atoms with E-state index in [0.29, 0.717) is 19.4 Å². The number of nitrogens with two attached hydrogens (primary N) is 1. The van der Waals surface area contributed by atoms with Crippen LogP contribution in [0.25, 0.3) is 0 Å².